The monoisotopic (exact) mass is 277 g/mol. The fraction of sp³-hybridized carbons (Fsp3) is 0.900. The molecule has 0 aliphatic rings. The van der Waals surface area contributed by atoms with Crippen molar-refractivity contribution in [3.05, 3.63) is 0 Å². The normalized spacial score (nSPS) is 15.4. The molecule has 0 saturated carbocycles. The van der Waals surface area contributed by atoms with Gasteiger partial charge in [0.15, 0.2) is 0 Å². The van der Waals surface area contributed by atoms with E-state index in [1.807, 2.05) is 0 Å². The lowest BCUT2D eigenvalue weighted by molar-refractivity contribution is -0.849. The maximum Gasteiger partial charge on any atom is 0.454 e. The SMILES string of the molecule is CCCOC(F)(C(=O)[O-])C(F)(F)F.C[N+](C)(C)C. The number of nitrogens with zero attached hydrogens (tertiary/aromatic N) is 1. The molecule has 0 spiro atoms. The molecule has 0 heterocycles. The molecule has 0 aliphatic carbocycles. The van der Waals surface area contributed by atoms with Gasteiger partial charge < -0.3 is 19.1 Å². The van der Waals surface area contributed by atoms with Crippen molar-refractivity contribution in [1.82, 2.24) is 0 Å². The average molecular weight is 277 g/mol. The summed E-state index contributed by atoms with van der Waals surface area (Å²) < 4.78 is 52.4. The van der Waals surface area contributed by atoms with Crippen LogP contribution in [0.2, 0.25) is 0 Å². The Morgan fingerprint density at radius 3 is 1.67 bits per heavy atom. The quantitative estimate of drug-likeness (QED) is 0.562. The molecule has 0 aromatic heterocycles. The summed E-state index contributed by atoms with van der Waals surface area (Å²) in [5.41, 5.74) is 0. The standard InChI is InChI=1S/C6H8F4O3.C4H12N/c1-2-3-13-5(7,4(11)12)6(8,9)10;1-5(2,3)4/h2-3H2,1H3,(H,11,12);1-4H3/q;+1/p-1. The Balaban J connectivity index is 0. The van der Waals surface area contributed by atoms with Crippen molar-refractivity contribution in [2.45, 2.75) is 25.4 Å². The van der Waals surface area contributed by atoms with E-state index in [2.05, 4.69) is 32.9 Å². The molecule has 0 aromatic rings. The predicted molar refractivity (Wildman–Crippen MR) is 55.1 cm³/mol. The number of carboxylic acids is 1. The highest BCUT2D eigenvalue weighted by atomic mass is 19.4. The first kappa shape index (κ1) is 19.4. The van der Waals surface area contributed by atoms with Gasteiger partial charge >= 0.3 is 12.0 Å². The molecule has 0 rings (SSSR count). The van der Waals surface area contributed by atoms with E-state index < -0.39 is 24.6 Å². The predicted octanol–water partition coefficient (Wildman–Crippen LogP) is 0.713. The number of carbonyl (C=O) groups is 1. The Kier molecular flexibility index (Phi) is 7.44. The molecule has 0 bridgehead atoms. The van der Waals surface area contributed by atoms with Crippen molar-refractivity contribution < 1.29 is 36.7 Å². The Morgan fingerprint density at radius 1 is 1.17 bits per heavy atom. The summed E-state index contributed by atoms with van der Waals surface area (Å²) in [6.45, 7) is 0.760. The van der Waals surface area contributed by atoms with Gasteiger partial charge in [-0.15, -0.1) is 0 Å². The second-order valence-corrected chi connectivity index (χ2v) is 4.91. The van der Waals surface area contributed by atoms with Gasteiger partial charge in [-0.05, 0) is 6.42 Å². The van der Waals surface area contributed by atoms with Crippen LogP contribution < -0.4 is 5.11 Å². The van der Waals surface area contributed by atoms with E-state index in [0.29, 0.717) is 0 Å². The van der Waals surface area contributed by atoms with Crippen molar-refractivity contribution in [3.8, 4) is 0 Å². The molecule has 1 atom stereocenters. The lowest BCUT2D eigenvalue weighted by Gasteiger charge is -2.28. The molecule has 4 nitrogen and oxygen atoms in total. The van der Waals surface area contributed by atoms with Crippen molar-refractivity contribution in [1.29, 1.82) is 0 Å². The molecule has 8 heteroatoms. The van der Waals surface area contributed by atoms with E-state index in [-0.39, 0.29) is 6.42 Å². The smallest absolute Gasteiger partial charge is 0.454 e. The third kappa shape index (κ3) is 8.24. The molecule has 0 aromatic carbocycles. The molecule has 0 fully saturated rings. The maximum absolute atomic E-state index is 12.6. The highest BCUT2D eigenvalue weighted by Crippen LogP contribution is 2.34. The largest absolute Gasteiger partial charge is 0.544 e. The molecule has 0 aliphatic heterocycles. The highest BCUT2D eigenvalue weighted by molar-refractivity contribution is 5.74. The number of carboxylic acid groups (broad SMARTS) is 1. The fourth-order valence-electron chi connectivity index (χ4n) is 0.499. The number of halogens is 4. The van der Waals surface area contributed by atoms with Gasteiger partial charge in [0.1, 0.15) is 5.97 Å². The molecule has 1 unspecified atom stereocenters. The Labute approximate surface area is 104 Å². The van der Waals surface area contributed by atoms with Crippen LogP contribution in [0.1, 0.15) is 13.3 Å². The van der Waals surface area contributed by atoms with Crippen molar-refractivity contribution in [2.75, 3.05) is 34.8 Å². The maximum atomic E-state index is 12.6. The van der Waals surface area contributed by atoms with Crippen LogP contribution in [0.3, 0.4) is 0 Å². The number of hydrogen-bond acceptors (Lipinski definition) is 3. The summed E-state index contributed by atoms with van der Waals surface area (Å²) in [5.74, 6) is -7.64. The van der Waals surface area contributed by atoms with Gasteiger partial charge in [-0.3, -0.25) is 0 Å². The van der Waals surface area contributed by atoms with Crippen LogP contribution >= 0.6 is 0 Å². The number of hydrogen-bond donors (Lipinski definition) is 0. The lowest BCUT2D eigenvalue weighted by Crippen LogP contribution is -2.56. The van der Waals surface area contributed by atoms with E-state index in [0.717, 1.165) is 4.48 Å². The zero-order valence-electron chi connectivity index (χ0n) is 11.1. The van der Waals surface area contributed by atoms with Crippen LogP contribution in [0, 0.1) is 0 Å². The van der Waals surface area contributed by atoms with Gasteiger partial charge in [0.2, 0.25) is 0 Å². The van der Waals surface area contributed by atoms with E-state index >= 15 is 0 Å². The van der Waals surface area contributed by atoms with E-state index in [1.165, 1.54) is 6.92 Å². The Hall–Kier alpha value is -0.890. The summed E-state index contributed by atoms with van der Waals surface area (Å²) in [6.07, 6.45) is -5.56. The zero-order chi connectivity index (χ0) is 15.2. The third-order valence-corrected chi connectivity index (χ3v) is 1.13. The number of rotatable bonds is 4. The van der Waals surface area contributed by atoms with Gasteiger partial charge in [-0.1, -0.05) is 6.92 Å². The fourth-order valence-corrected chi connectivity index (χ4v) is 0.499. The Bertz CT molecular complexity index is 257. The number of quaternary nitrogens is 1. The minimum atomic E-state index is -5.62. The summed E-state index contributed by atoms with van der Waals surface area (Å²) in [7, 11) is 8.50. The van der Waals surface area contributed by atoms with E-state index in [4.69, 9.17) is 0 Å². The molecular weight excluding hydrogens is 258 g/mol. The van der Waals surface area contributed by atoms with E-state index in [1.54, 1.807) is 0 Å². The summed E-state index contributed by atoms with van der Waals surface area (Å²) in [6, 6.07) is 0. The third-order valence-electron chi connectivity index (χ3n) is 1.13. The topological polar surface area (TPSA) is 49.4 Å². The van der Waals surface area contributed by atoms with Crippen molar-refractivity contribution >= 4 is 5.97 Å². The van der Waals surface area contributed by atoms with Crippen LogP contribution in [0.25, 0.3) is 0 Å². The van der Waals surface area contributed by atoms with Crippen LogP contribution in [0.15, 0.2) is 0 Å². The first-order chi connectivity index (χ1) is 7.75. The van der Waals surface area contributed by atoms with Crippen LogP contribution in [0.4, 0.5) is 17.6 Å². The number of carbonyl (C=O) groups excluding carboxylic acids is 1. The molecule has 0 radical (unpaired) electrons. The highest BCUT2D eigenvalue weighted by Gasteiger charge is 2.59. The van der Waals surface area contributed by atoms with Gasteiger partial charge in [0, 0.05) is 0 Å². The van der Waals surface area contributed by atoms with Crippen LogP contribution in [0.5, 0.6) is 0 Å². The lowest BCUT2D eigenvalue weighted by atomic mass is 10.3. The molecule has 18 heavy (non-hydrogen) atoms. The molecule has 110 valence electrons. The number of ether oxygens (including phenoxy) is 1. The Morgan fingerprint density at radius 2 is 1.50 bits per heavy atom. The molecular formula is C10H19F4NO3. The van der Waals surface area contributed by atoms with Gasteiger partial charge in [0.05, 0.1) is 34.8 Å². The van der Waals surface area contributed by atoms with Crippen LogP contribution in [-0.4, -0.2) is 57.3 Å². The molecule has 0 saturated heterocycles. The summed E-state index contributed by atoms with van der Waals surface area (Å²) >= 11 is 0. The summed E-state index contributed by atoms with van der Waals surface area (Å²) in [5, 5.41) is 9.84. The minimum Gasteiger partial charge on any atom is -0.544 e. The minimum absolute atomic E-state index is 0.0645. The van der Waals surface area contributed by atoms with Gasteiger partial charge in [-0.2, -0.15) is 17.6 Å². The first-order valence-electron chi connectivity index (χ1n) is 5.15. The van der Waals surface area contributed by atoms with Crippen LogP contribution in [-0.2, 0) is 9.53 Å². The molecule has 0 amide bonds. The average Bonchev–Trinajstić information content (AvgIpc) is 2.09. The second kappa shape index (κ2) is 6.89. The zero-order valence-corrected chi connectivity index (χ0v) is 11.1. The van der Waals surface area contributed by atoms with E-state index in [9.17, 15) is 27.5 Å². The van der Waals surface area contributed by atoms with Crippen molar-refractivity contribution in [2.24, 2.45) is 0 Å². The van der Waals surface area contributed by atoms with Gasteiger partial charge in [-0.25, -0.2) is 0 Å². The van der Waals surface area contributed by atoms with Gasteiger partial charge in [0.25, 0.3) is 0 Å². The summed E-state index contributed by atoms with van der Waals surface area (Å²) in [4.78, 5) is 9.84. The second-order valence-electron chi connectivity index (χ2n) is 4.91. The number of alkyl halides is 4. The first-order valence-corrected chi connectivity index (χ1v) is 5.15. The number of aliphatic carboxylic acids is 1. The molecule has 0 N–H and O–H groups in total. The van der Waals surface area contributed by atoms with Crippen molar-refractivity contribution in [3.63, 3.8) is 0 Å².